The van der Waals surface area contributed by atoms with Crippen LogP contribution in [0.25, 0.3) is 0 Å². The van der Waals surface area contributed by atoms with Crippen LogP contribution in [0.2, 0.25) is 0 Å². The molecule has 5 nitrogen and oxygen atoms in total. The molecule has 27 heavy (non-hydrogen) atoms. The second kappa shape index (κ2) is 9.85. The highest BCUT2D eigenvalue weighted by atomic mass is 32.2. The summed E-state index contributed by atoms with van der Waals surface area (Å²) in [7, 11) is -1.07. The predicted octanol–water partition coefficient (Wildman–Crippen LogP) is 3.25. The SMILES string of the molecule is Cc1ccc(CS(=O)Cc2ccc(C(=O)NCCCN3CCCC3)o2)cc1. The maximum atomic E-state index is 12.3. The maximum absolute atomic E-state index is 12.3. The average molecular weight is 389 g/mol. The molecule has 1 aliphatic rings. The van der Waals surface area contributed by atoms with Crippen molar-refractivity contribution < 1.29 is 13.4 Å². The fourth-order valence-electron chi connectivity index (χ4n) is 3.26. The van der Waals surface area contributed by atoms with Gasteiger partial charge in [0, 0.05) is 23.1 Å². The van der Waals surface area contributed by atoms with Crippen molar-refractivity contribution in [3.63, 3.8) is 0 Å². The van der Waals surface area contributed by atoms with E-state index in [2.05, 4.69) is 10.2 Å². The molecule has 0 aliphatic carbocycles. The fourth-order valence-corrected chi connectivity index (χ4v) is 4.39. The molecule has 1 N–H and O–H groups in total. The van der Waals surface area contributed by atoms with Crippen LogP contribution in [0, 0.1) is 6.92 Å². The van der Waals surface area contributed by atoms with Gasteiger partial charge in [0.2, 0.25) is 0 Å². The lowest BCUT2D eigenvalue weighted by Gasteiger charge is -2.13. The van der Waals surface area contributed by atoms with E-state index in [0.717, 1.165) is 18.5 Å². The van der Waals surface area contributed by atoms with Crippen molar-refractivity contribution >= 4 is 16.7 Å². The zero-order valence-corrected chi connectivity index (χ0v) is 16.7. The monoisotopic (exact) mass is 388 g/mol. The summed E-state index contributed by atoms with van der Waals surface area (Å²) < 4.78 is 17.9. The highest BCUT2D eigenvalue weighted by molar-refractivity contribution is 7.83. The van der Waals surface area contributed by atoms with E-state index in [-0.39, 0.29) is 5.91 Å². The number of likely N-dealkylation sites (tertiary alicyclic amines) is 1. The summed E-state index contributed by atoms with van der Waals surface area (Å²) >= 11 is 0. The molecule has 1 aromatic heterocycles. The molecule has 6 heteroatoms. The lowest BCUT2D eigenvalue weighted by molar-refractivity contribution is 0.0923. The van der Waals surface area contributed by atoms with E-state index in [9.17, 15) is 9.00 Å². The minimum atomic E-state index is -1.07. The van der Waals surface area contributed by atoms with E-state index >= 15 is 0 Å². The Hall–Kier alpha value is -1.92. The van der Waals surface area contributed by atoms with Crippen LogP contribution in [0.1, 0.15) is 46.7 Å². The van der Waals surface area contributed by atoms with Crippen LogP contribution in [0.4, 0.5) is 0 Å². The van der Waals surface area contributed by atoms with Crippen LogP contribution in [0.5, 0.6) is 0 Å². The fraction of sp³-hybridized carbons (Fsp3) is 0.476. The molecule has 146 valence electrons. The molecule has 1 fully saturated rings. The van der Waals surface area contributed by atoms with E-state index in [4.69, 9.17) is 4.42 Å². The number of nitrogens with one attached hydrogen (secondary N) is 1. The Morgan fingerprint density at radius 3 is 2.59 bits per heavy atom. The van der Waals surface area contributed by atoms with Gasteiger partial charge >= 0.3 is 0 Å². The zero-order chi connectivity index (χ0) is 19.1. The number of hydrogen-bond acceptors (Lipinski definition) is 4. The number of benzene rings is 1. The Bertz CT molecular complexity index is 764. The molecular formula is C21H28N2O3S. The summed E-state index contributed by atoms with van der Waals surface area (Å²) in [5.41, 5.74) is 2.23. The Morgan fingerprint density at radius 1 is 1.11 bits per heavy atom. The van der Waals surface area contributed by atoms with Gasteiger partial charge in [0.25, 0.3) is 5.91 Å². The molecule has 0 spiro atoms. The first kappa shape index (κ1) is 19.8. The van der Waals surface area contributed by atoms with Crippen molar-refractivity contribution in [1.82, 2.24) is 10.2 Å². The van der Waals surface area contributed by atoms with E-state index in [0.29, 0.717) is 29.6 Å². The summed E-state index contributed by atoms with van der Waals surface area (Å²) in [4.78, 5) is 14.6. The van der Waals surface area contributed by atoms with E-state index in [1.165, 1.54) is 31.5 Å². The van der Waals surface area contributed by atoms with Gasteiger partial charge in [-0.05, 0) is 63.5 Å². The summed E-state index contributed by atoms with van der Waals surface area (Å²) in [5, 5.41) is 2.90. The van der Waals surface area contributed by atoms with Gasteiger partial charge in [-0.2, -0.15) is 0 Å². The second-order valence-electron chi connectivity index (χ2n) is 7.14. The molecule has 3 rings (SSSR count). The third-order valence-corrected chi connectivity index (χ3v) is 6.03. The minimum Gasteiger partial charge on any atom is -0.455 e. The Labute approximate surface area is 163 Å². The lowest BCUT2D eigenvalue weighted by atomic mass is 10.2. The van der Waals surface area contributed by atoms with Gasteiger partial charge < -0.3 is 14.6 Å². The van der Waals surface area contributed by atoms with Crippen LogP contribution in [-0.4, -0.2) is 41.2 Å². The van der Waals surface area contributed by atoms with Crippen LogP contribution in [-0.2, 0) is 22.3 Å². The standard InChI is InChI=1S/C21H28N2O3S/c1-17-5-7-18(8-6-17)15-27(25)16-19-9-10-20(26-19)21(24)22-11-4-14-23-12-2-3-13-23/h5-10H,2-4,11-16H2,1H3,(H,22,24). The van der Waals surface area contributed by atoms with Crippen LogP contribution in [0.15, 0.2) is 40.8 Å². The van der Waals surface area contributed by atoms with Crippen LogP contribution < -0.4 is 5.32 Å². The van der Waals surface area contributed by atoms with Crippen LogP contribution in [0.3, 0.4) is 0 Å². The molecule has 1 unspecified atom stereocenters. The molecule has 1 amide bonds. The zero-order valence-electron chi connectivity index (χ0n) is 15.9. The molecule has 1 saturated heterocycles. The first-order valence-corrected chi connectivity index (χ1v) is 11.1. The summed E-state index contributed by atoms with van der Waals surface area (Å²) in [5.74, 6) is 1.47. The van der Waals surface area contributed by atoms with Crippen molar-refractivity contribution in [1.29, 1.82) is 0 Å². The number of carbonyl (C=O) groups is 1. The van der Waals surface area contributed by atoms with Crippen molar-refractivity contribution in [2.24, 2.45) is 0 Å². The largest absolute Gasteiger partial charge is 0.455 e. The first-order chi connectivity index (χ1) is 13.1. The molecular weight excluding hydrogens is 360 g/mol. The number of hydrogen-bond donors (Lipinski definition) is 1. The number of carbonyl (C=O) groups excluding carboxylic acids is 1. The van der Waals surface area contributed by atoms with Crippen LogP contribution >= 0.6 is 0 Å². The molecule has 1 atom stereocenters. The first-order valence-electron chi connectivity index (χ1n) is 9.60. The molecule has 2 heterocycles. The quantitative estimate of drug-likeness (QED) is 0.670. The average Bonchev–Trinajstić information content (AvgIpc) is 3.32. The van der Waals surface area contributed by atoms with Gasteiger partial charge in [0.1, 0.15) is 5.76 Å². The van der Waals surface area contributed by atoms with E-state index in [1.54, 1.807) is 12.1 Å². The molecule has 0 bridgehead atoms. The van der Waals surface area contributed by atoms with Crippen molar-refractivity contribution in [2.75, 3.05) is 26.2 Å². The number of nitrogens with zero attached hydrogens (tertiary/aromatic N) is 1. The molecule has 1 aromatic carbocycles. The number of amides is 1. The molecule has 0 saturated carbocycles. The number of furan rings is 1. The Morgan fingerprint density at radius 2 is 1.85 bits per heavy atom. The molecule has 2 aromatic rings. The van der Waals surface area contributed by atoms with Gasteiger partial charge in [-0.15, -0.1) is 0 Å². The lowest BCUT2D eigenvalue weighted by Crippen LogP contribution is -2.28. The second-order valence-corrected chi connectivity index (χ2v) is 8.60. The van der Waals surface area contributed by atoms with Gasteiger partial charge in [-0.3, -0.25) is 9.00 Å². The third kappa shape index (κ3) is 6.33. The molecule has 1 aliphatic heterocycles. The highest BCUT2D eigenvalue weighted by Crippen LogP contribution is 2.13. The Kier molecular flexibility index (Phi) is 7.24. The van der Waals surface area contributed by atoms with Crippen molar-refractivity contribution in [3.05, 3.63) is 59.0 Å². The van der Waals surface area contributed by atoms with Crippen molar-refractivity contribution in [3.8, 4) is 0 Å². The Balaban J connectivity index is 1.40. The van der Waals surface area contributed by atoms with Gasteiger partial charge in [-0.25, -0.2) is 0 Å². The predicted molar refractivity (Wildman–Crippen MR) is 108 cm³/mol. The highest BCUT2D eigenvalue weighted by Gasteiger charge is 2.14. The van der Waals surface area contributed by atoms with E-state index < -0.39 is 10.8 Å². The van der Waals surface area contributed by atoms with Crippen molar-refractivity contribution in [2.45, 2.75) is 37.7 Å². The van der Waals surface area contributed by atoms with Gasteiger partial charge in [0.05, 0.1) is 5.75 Å². The number of rotatable bonds is 9. The maximum Gasteiger partial charge on any atom is 0.286 e. The van der Waals surface area contributed by atoms with Gasteiger partial charge in [-0.1, -0.05) is 29.8 Å². The normalized spacial score (nSPS) is 15.7. The summed E-state index contributed by atoms with van der Waals surface area (Å²) in [6.07, 6.45) is 3.51. The summed E-state index contributed by atoms with van der Waals surface area (Å²) in [6.45, 7) is 6.05. The third-order valence-electron chi connectivity index (χ3n) is 4.77. The minimum absolute atomic E-state index is 0.202. The van der Waals surface area contributed by atoms with E-state index in [1.807, 2.05) is 31.2 Å². The smallest absolute Gasteiger partial charge is 0.286 e. The van der Waals surface area contributed by atoms with Gasteiger partial charge in [0.15, 0.2) is 5.76 Å². The molecule has 0 radical (unpaired) electrons. The number of aryl methyl sites for hydroxylation is 1. The topological polar surface area (TPSA) is 62.6 Å². The summed E-state index contributed by atoms with van der Waals surface area (Å²) in [6, 6.07) is 11.4.